The zero-order valence-electron chi connectivity index (χ0n) is 63.7. The SMILES string of the molecule is CC(C)CCCCCCCCCCCCCCCCCCC(=O)O[C@H](COC(=O)CCCCCCCCCCCCCCCC(C)C)COP(=O)(O)OCC(O)COP(=O)(O)OC[C@@H](COC(=O)CCCCCCCCCCC(C)C)OC(=O)CCCCCCCCCCC(C)C. The Bertz CT molecular complexity index is 1900. The van der Waals surface area contributed by atoms with Crippen molar-refractivity contribution in [2.45, 2.75) is 414 Å². The van der Waals surface area contributed by atoms with Crippen molar-refractivity contribution >= 4 is 39.5 Å². The Hall–Kier alpha value is -1.94. The molecule has 0 aromatic heterocycles. The molecule has 19 heteroatoms. The number of carbonyl (C=O) groups is 4. The summed E-state index contributed by atoms with van der Waals surface area (Å²) in [6.07, 6.45) is 52.8. The highest BCUT2D eigenvalue weighted by Gasteiger charge is 2.30. The second-order valence-electron chi connectivity index (χ2n) is 30.0. The van der Waals surface area contributed by atoms with Gasteiger partial charge in [0, 0.05) is 25.7 Å². The second-order valence-corrected chi connectivity index (χ2v) is 32.9. The summed E-state index contributed by atoms with van der Waals surface area (Å²) in [4.78, 5) is 72.9. The third-order valence-electron chi connectivity index (χ3n) is 18.1. The summed E-state index contributed by atoms with van der Waals surface area (Å²) >= 11 is 0. The lowest BCUT2D eigenvalue weighted by Gasteiger charge is -2.21. The van der Waals surface area contributed by atoms with Gasteiger partial charge in [0.2, 0.25) is 0 Å². The van der Waals surface area contributed by atoms with Crippen molar-refractivity contribution in [3.05, 3.63) is 0 Å². The van der Waals surface area contributed by atoms with Gasteiger partial charge in [-0.25, -0.2) is 9.13 Å². The highest BCUT2D eigenvalue weighted by atomic mass is 31.2. The Morgan fingerprint density at radius 3 is 0.639 bits per heavy atom. The molecular formula is C78H152O17P2. The summed E-state index contributed by atoms with van der Waals surface area (Å²) in [7, 11) is -9.92. The van der Waals surface area contributed by atoms with Crippen LogP contribution in [0.4, 0.5) is 0 Å². The van der Waals surface area contributed by atoms with E-state index in [0.29, 0.717) is 25.7 Å². The van der Waals surface area contributed by atoms with Gasteiger partial charge in [-0.3, -0.25) is 37.3 Å². The number of hydrogen-bond acceptors (Lipinski definition) is 15. The highest BCUT2D eigenvalue weighted by Crippen LogP contribution is 2.45. The molecule has 5 atom stereocenters. The minimum Gasteiger partial charge on any atom is -0.462 e. The molecule has 0 saturated carbocycles. The molecule has 0 bridgehead atoms. The molecule has 3 N–H and O–H groups in total. The van der Waals surface area contributed by atoms with Crippen LogP contribution in [0.3, 0.4) is 0 Å². The quantitative estimate of drug-likeness (QED) is 0.0222. The van der Waals surface area contributed by atoms with Crippen LogP contribution >= 0.6 is 15.6 Å². The van der Waals surface area contributed by atoms with Crippen molar-refractivity contribution in [1.29, 1.82) is 0 Å². The fourth-order valence-electron chi connectivity index (χ4n) is 11.9. The van der Waals surface area contributed by atoms with Gasteiger partial charge in [0.05, 0.1) is 26.4 Å². The molecule has 0 fully saturated rings. The maximum absolute atomic E-state index is 13.1. The molecule has 0 aliphatic heterocycles. The van der Waals surface area contributed by atoms with E-state index < -0.39 is 97.5 Å². The van der Waals surface area contributed by atoms with Gasteiger partial charge >= 0.3 is 39.5 Å². The first-order valence-corrected chi connectivity index (χ1v) is 43.2. The van der Waals surface area contributed by atoms with Gasteiger partial charge < -0.3 is 33.8 Å². The molecule has 0 saturated heterocycles. The maximum Gasteiger partial charge on any atom is 0.472 e. The smallest absolute Gasteiger partial charge is 0.462 e. The van der Waals surface area contributed by atoms with E-state index in [9.17, 15) is 43.2 Å². The molecule has 17 nitrogen and oxygen atoms in total. The Morgan fingerprint density at radius 1 is 0.258 bits per heavy atom. The molecule has 0 spiro atoms. The van der Waals surface area contributed by atoms with Gasteiger partial charge in [-0.2, -0.15) is 0 Å². The number of carbonyl (C=O) groups excluding carboxylic acids is 4. The molecule has 3 unspecified atom stereocenters. The monoisotopic (exact) mass is 1420 g/mol. The van der Waals surface area contributed by atoms with Crippen molar-refractivity contribution in [1.82, 2.24) is 0 Å². The van der Waals surface area contributed by atoms with Crippen LogP contribution in [0.25, 0.3) is 0 Å². The predicted molar refractivity (Wildman–Crippen MR) is 395 cm³/mol. The van der Waals surface area contributed by atoms with Crippen molar-refractivity contribution in [3.8, 4) is 0 Å². The number of unbranched alkanes of at least 4 members (excludes halogenated alkanes) is 41. The van der Waals surface area contributed by atoms with Crippen LogP contribution in [-0.2, 0) is 65.4 Å². The lowest BCUT2D eigenvalue weighted by molar-refractivity contribution is -0.161. The summed E-state index contributed by atoms with van der Waals surface area (Å²) in [5.41, 5.74) is 0. The zero-order valence-corrected chi connectivity index (χ0v) is 65.5. The summed E-state index contributed by atoms with van der Waals surface area (Å²) in [6, 6.07) is 0. The molecule has 0 aliphatic rings. The van der Waals surface area contributed by atoms with E-state index in [-0.39, 0.29) is 25.7 Å². The van der Waals surface area contributed by atoms with Gasteiger partial charge in [0.15, 0.2) is 12.2 Å². The van der Waals surface area contributed by atoms with E-state index in [1.807, 2.05) is 0 Å². The topological polar surface area (TPSA) is 237 Å². The summed E-state index contributed by atoms with van der Waals surface area (Å²) < 4.78 is 68.6. The first-order chi connectivity index (χ1) is 46.6. The fourth-order valence-corrected chi connectivity index (χ4v) is 13.5. The molecule has 576 valence electrons. The molecule has 0 heterocycles. The lowest BCUT2D eigenvalue weighted by Crippen LogP contribution is -2.30. The van der Waals surface area contributed by atoms with Crippen LogP contribution in [0.15, 0.2) is 0 Å². The van der Waals surface area contributed by atoms with Crippen molar-refractivity contribution < 1.29 is 80.2 Å². The standard InChI is InChI=1S/C78H152O17P2/c1-68(2)54-46-38-30-22-18-14-11-9-10-12-16-21-25-36-44-52-60-77(82)94-73(64-88-75(80)58-50-42-34-24-20-17-13-15-19-23-31-39-47-55-69(3)4)66-92-96(84,85)90-62-72(79)63-91-97(86,87)93-67-74(95-78(83)61-53-45-37-29-27-33-41-49-57-71(7)8)65-89-76(81)59-51-43-35-28-26-32-40-48-56-70(5)6/h68-74,79H,9-67H2,1-8H3,(H,84,85)(H,86,87)/t72?,73-,74-/m1/s1. The third-order valence-corrected chi connectivity index (χ3v) is 20.0. The van der Waals surface area contributed by atoms with E-state index in [0.717, 1.165) is 114 Å². The van der Waals surface area contributed by atoms with Gasteiger partial charge in [-0.05, 0) is 49.4 Å². The number of phosphoric acid groups is 2. The normalized spacial score (nSPS) is 14.1. The van der Waals surface area contributed by atoms with Crippen LogP contribution < -0.4 is 0 Å². The molecule has 97 heavy (non-hydrogen) atoms. The molecule has 0 aromatic carbocycles. The number of hydrogen-bond donors (Lipinski definition) is 3. The number of ether oxygens (including phenoxy) is 4. The van der Waals surface area contributed by atoms with E-state index in [1.54, 1.807) is 0 Å². The first kappa shape index (κ1) is 95.1. The number of esters is 4. The van der Waals surface area contributed by atoms with E-state index >= 15 is 0 Å². The van der Waals surface area contributed by atoms with Crippen LogP contribution in [0.5, 0.6) is 0 Å². The lowest BCUT2D eigenvalue weighted by atomic mass is 10.0. The maximum atomic E-state index is 13.1. The van der Waals surface area contributed by atoms with Crippen molar-refractivity contribution in [3.63, 3.8) is 0 Å². The van der Waals surface area contributed by atoms with Crippen LogP contribution in [0.1, 0.15) is 396 Å². The van der Waals surface area contributed by atoms with Gasteiger partial charge in [-0.15, -0.1) is 0 Å². The molecule has 0 aliphatic carbocycles. The molecule has 0 radical (unpaired) electrons. The van der Waals surface area contributed by atoms with Crippen molar-refractivity contribution in [2.75, 3.05) is 39.6 Å². The van der Waals surface area contributed by atoms with E-state index in [1.165, 1.54) is 199 Å². The van der Waals surface area contributed by atoms with Gasteiger partial charge in [0.1, 0.15) is 19.3 Å². The average molecular weight is 1420 g/mol. The zero-order chi connectivity index (χ0) is 71.7. The van der Waals surface area contributed by atoms with Crippen LogP contribution in [0.2, 0.25) is 0 Å². The minimum absolute atomic E-state index is 0.104. The van der Waals surface area contributed by atoms with E-state index in [2.05, 4.69) is 55.4 Å². The Kier molecular flexibility index (Phi) is 65.9. The molecule has 0 amide bonds. The number of phosphoric ester groups is 2. The van der Waals surface area contributed by atoms with Gasteiger partial charge in [-0.1, -0.05) is 344 Å². The van der Waals surface area contributed by atoms with E-state index in [4.69, 9.17) is 37.0 Å². The van der Waals surface area contributed by atoms with Crippen LogP contribution in [0, 0.1) is 23.7 Å². The fraction of sp³-hybridized carbons (Fsp3) is 0.949. The third kappa shape index (κ3) is 72.2. The van der Waals surface area contributed by atoms with Gasteiger partial charge in [0.25, 0.3) is 0 Å². The second kappa shape index (κ2) is 67.2. The molecule has 0 aromatic rings. The number of rotatable bonds is 75. The average Bonchev–Trinajstić information content (AvgIpc) is 0.981. The Labute approximate surface area is 594 Å². The largest absolute Gasteiger partial charge is 0.472 e. The Balaban J connectivity index is 5.24. The molecular weight excluding hydrogens is 1270 g/mol. The Morgan fingerprint density at radius 2 is 0.433 bits per heavy atom. The first-order valence-electron chi connectivity index (χ1n) is 40.2. The summed E-state index contributed by atoms with van der Waals surface area (Å²) in [5.74, 6) is 0.925. The number of aliphatic hydroxyl groups is 1. The highest BCUT2D eigenvalue weighted by molar-refractivity contribution is 7.47. The summed E-state index contributed by atoms with van der Waals surface area (Å²) in [5, 5.41) is 10.6. The van der Waals surface area contributed by atoms with Crippen LogP contribution in [-0.4, -0.2) is 96.7 Å². The van der Waals surface area contributed by atoms with Crippen molar-refractivity contribution in [2.24, 2.45) is 23.7 Å². The number of aliphatic hydroxyl groups excluding tert-OH is 1. The predicted octanol–water partition coefficient (Wildman–Crippen LogP) is 22.8. The minimum atomic E-state index is -4.96. The molecule has 0 rings (SSSR count). The summed E-state index contributed by atoms with van der Waals surface area (Å²) in [6.45, 7) is 14.2.